The number of hydrogen-bond acceptors (Lipinski definition) is 1. The van der Waals surface area contributed by atoms with Crippen LogP contribution in [0.3, 0.4) is 0 Å². The zero-order valence-corrected chi connectivity index (χ0v) is 14.1. The van der Waals surface area contributed by atoms with Gasteiger partial charge in [-0.3, -0.25) is 0 Å². The second-order valence-corrected chi connectivity index (χ2v) is 11.0. The number of rotatable bonds is 6. The topological polar surface area (TPSA) is 9.23 Å². The Bertz CT molecular complexity index is 299. The molecule has 0 heterocycles. The third-order valence-corrected chi connectivity index (χ3v) is 8.05. The van der Waals surface area contributed by atoms with Gasteiger partial charge in [0, 0.05) is 19.4 Å². The maximum Gasteiger partial charge on any atom is 0.191 e. The van der Waals surface area contributed by atoms with E-state index in [9.17, 15) is 0 Å². The van der Waals surface area contributed by atoms with Gasteiger partial charge in [-0.1, -0.05) is 32.9 Å². The van der Waals surface area contributed by atoms with Gasteiger partial charge < -0.3 is 4.43 Å². The van der Waals surface area contributed by atoms with Gasteiger partial charge in [0.25, 0.3) is 0 Å². The maximum absolute atomic E-state index is 6.10. The molecule has 0 aliphatic carbocycles. The van der Waals surface area contributed by atoms with Crippen molar-refractivity contribution in [3.8, 4) is 11.8 Å². The molecule has 104 valence electrons. The van der Waals surface area contributed by atoms with Gasteiger partial charge in [0.05, 0.1) is 0 Å². The zero-order chi connectivity index (χ0) is 14.1. The van der Waals surface area contributed by atoms with Crippen LogP contribution < -0.4 is 0 Å². The maximum atomic E-state index is 6.10. The van der Waals surface area contributed by atoms with Gasteiger partial charge in [0.15, 0.2) is 8.32 Å². The van der Waals surface area contributed by atoms with Gasteiger partial charge >= 0.3 is 0 Å². The van der Waals surface area contributed by atoms with Crippen molar-refractivity contribution in [3.63, 3.8) is 0 Å². The van der Waals surface area contributed by atoms with E-state index in [1.165, 1.54) is 0 Å². The minimum absolute atomic E-state index is 0.311. The van der Waals surface area contributed by atoms with Crippen molar-refractivity contribution in [2.24, 2.45) is 0 Å². The average Bonchev–Trinajstić information content (AvgIpc) is 2.25. The molecule has 0 fully saturated rings. The van der Waals surface area contributed by atoms with E-state index in [1.54, 1.807) is 0 Å². The van der Waals surface area contributed by atoms with Gasteiger partial charge in [-0.25, -0.2) is 0 Å². The van der Waals surface area contributed by atoms with Crippen molar-refractivity contribution in [2.45, 2.75) is 71.5 Å². The Labute approximate surface area is 115 Å². The molecule has 0 aromatic carbocycles. The van der Waals surface area contributed by atoms with E-state index in [0.29, 0.717) is 5.04 Å². The molecule has 0 aromatic rings. The molecule has 0 saturated heterocycles. The lowest BCUT2D eigenvalue weighted by atomic mass is 10.2. The summed E-state index contributed by atoms with van der Waals surface area (Å²) in [6.45, 7) is 14.3. The van der Waals surface area contributed by atoms with E-state index in [2.05, 4.69) is 57.9 Å². The molecule has 0 spiro atoms. The minimum Gasteiger partial charge on any atom is -0.417 e. The molecule has 0 N–H and O–H groups in total. The molecule has 0 aliphatic rings. The largest absolute Gasteiger partial charge is 0.417 e. The summed E-state index contributed by atoms with van der Waals surface area (Å²) in [5.74, 6) is 6.42. The quantitative estimate of drug-likeness (QED) is 0.280. The fourth-order valence-electron chi connectivity index (χ4n) is 1.20. The Morgan fingerprint density at radius 3 is 2.28 bits per heavy atom. The Hall–Kier alpha value is -0.523. The molecule has 0 unspecified atom stereocenters. The van der Waals surface area contributed by atoms with Crippen LogP contribution in [0.25, 0.3) is 0 Å². The highest BCUT2D eigenvalue weighted by molar-refractivity contribution is 6.74. The first kappa shape index (κ1) is 17.5. The highest BCUT2D eigenvalue weighted by atomic mass is 28.4. The number of unbranched alkanes of at least 4 members (excludes halogenated alkanes) is 2. The first-order valence-corrected chi connectivity index (χ1v) is 9.93. The zero-order valence-electron chi connectivity index (χ0n) is 13.1. The minimum atomic E-state index is -1.55. The van der Waals surface area contributed by atoms with Crippen LogP contribution >= 0.6 is 0 Å². The Kier molecular flexibility index (Phi) is 8.31. The van der Waals surface area contributed by atoms with Crippen LogP contribution in [0.1, 0.15) is 53.4 Å². The van der Waals surface area contributed by atoms with Gasteiger partial charge in [0.2, 0.25) is 0 Å². The highest BCUT2D eigenvalue weighted by Crippen LogP contribution is 2.36. The lowest BCUT2D eigenvalue weighted by Gasteiger charge is -2.36. The molecule has 18 heavy (non-hydrogen) atoms. The first-order chi connectivity index (χ1) is 8.31. The fraction of sp³-hybridized carbons (Fsp3) is 0.750. The molecule has 2 heteroatoms. The van der Waals surface area contributed by atoms with E-state index in [-0.39, 0.29) is 0 Å². The third kappa shape index (κ3) is 7.74. The van der Waals surface area contributed by atoms with Crippen LogP contribution in [-0.2, 0) is 4.43 Å². The van der Waals surface area contributed by atoms with Crippen LogP contribution in [0, 0.1) is 11.8 Å². The van der Waals surface area contributed by atoms with E-state index < -0.39 is 8.32 Å². The summed E-state index contributed by atoms with van der Waals surface area (Å²) in [4.78, 5) is 0. The SMILES string of the molecule is C/C=C\CCC#CCCCO[Si](C)(C)C(C)(C)C. The van der Waals surface area contributed by atoms with E-state index >= 15 is 0 Å². The summed E-state index contributed by atoms with van der Waals surface area (Å²) in [6.07, 6.45) is 8.31. The van der Waals surface area contributed by atoms with Crippen molar-refractivity contribution in [3.05, 3.63) is 12.2 Å². The summed E-state index contributed by atoms with van der Waals surface area (Å²) in [6, 6.07) is 0. The normalized spacial score (nSPS) is 12.6. The number of allylic oxidation sites excluding steroid dienone is 2. The fourth-order valence-corrected chi connectivity index (χ4v) is 2.29. The second-order valence-electron chi connectivity index (χ2n) is 6.17. The predicted octanol–water partition coefficient (Wildman–Crippen LogP) is 5.15. The van der Waals surface area contributed by atoms with Crippen LogP contribution in [0.4, 0.5) is 0 Å². The van der Waals surface area contributed by atoms with Crippen LogP contribution in [-0.4, -0.2) is 14.9 Å². The highest BCUT2D eigenvalue weighted by Gasteiger charge is 2.36. The number of hydrogen-bond donors (Lipinski definition) is 0. The summed E-state index contributed by atoms with van der Waals surface area (Å²) in [7, 11) is -1.55. The molecule has 0 rings (SSSR count). The summed E-state index contributed by atoms with van der Waals surface area (Å²) in [5, 5.41) is 0.311. The lowest BCUT2D eigenvalue weighted by Crippen LogP contribution is -2.40. The van der Waals surface area contributed by atoms with Gasteiger partial charge in [-0.2, -0.15) is 0 Å². The molecule has 0 bridgehead atoms. The Balaban J connectivity index is 3.68. The first-order valence-electron chi connectivity index (χ1n) is 7.02. The standard InChI is InChI=1S/C16H30OSi/c1-7-8-9-10-11-12-13-14-15-17-18(5,6)16(2,3)4/h7-8H,9-10,13-15H2,1-6H3/b8-7-. The third-order valence-electron chi connectivity index (χ3n) is 3.51. The van der Waals surface area contributed by atoms with Gasteiger partial charge in [-0.05, 0) is 37.9 Å². The van der Waals surface area contributed by atoms with Crippen molar-refractivity contribution in [1.82, 2.24) is 0 Å². The second kappa shape index (κ2) is 8.56. The monoisotopic (exact) mass is 266 g/mol. The summed E-state index contributed by atoms with van der Waals surface area (Å²) < 4.78 is 6.10. The van der Waals surface area contributed by atoms with Crippen LogP contribution in [0.5, 0.6) is 0 Å². The van der Waals surface area contributed by atoms with E-state index in [4.69, 9.17) is 4.43 Å². The van der Waals surface area contributed by atoms with Gasteiger partial charge in [0.1, 0.15) is 0 Å². The Morgan fingerprint density at radius 1 is 1.11 bits per heavy atom. The molecule has 0 radical (unpaired) electrons. The smallest absolute Gasteiger partial charge is 0.191 e. The molecule has 0 amide bonds. The Morgan fingerprint density at radius 2 is 1.72 bits per heavy atom. The molecular formula is C16H30OSi. The van der Waals surface area contributed by atoms with Crippen LogP contribution in [0.15, 0.2) is 12.2 Å². The van der Waals surface area contributed by atoms with Crippen molar-refractivity contribution < 1.29 is 4.43 Å². The lowest BCUT2D eigenvalue weighted by molar-refractivity contribution is 0.284. The van der Waals surface area contributed by atoms with Crippen LogP contribution in [0.2, 0.25) is 18.1 Å². The average molecular weight is 267 g/mol. The molecule has 0 atom stereocenters. The van der Waals surface area contributed by atoms with Gasteiger partial charge in [-0.15, -0.1) is 11.8 Å². The molecular weight excluding hydrogens is 236 g/mol. The summed E-state index contributed by atoms with van der Waals surface area (Å²) >= 11 is 0. The van der Waals surface area contributed by atoms with Crippen molar-refractivity contribution >= 4 is 8.32 Å². The molecule has 1 nitrogen and oxygen atoms in total. The molecule has 0 aromatic heterocycles. The predicted molar refractivity (Wildman–Crippen MR) is 84.2 cm³/mol. The molecule has 0 saturated carbocycles. The van der Waals surface area contributed by atoms with E-state index in [1.807, 2.05) is 6.92 Å². The van der Waals surface area contributed by atoms with E-state index in [0.717, 1.165) is 32.3 Å². The van der Waals surface area contributed by atoms with Crippen molar-refractivity contribution in [2.75, 3.05) is 6.61 Å². The summed E-state index contributed by atoms with van der Waals surface area (Å²) in [5.41, 5.74) is 0. The van der Waals surface area contributed by atoms with Crippen molar-refractivity contribution in [1.29, 1.82) is 0 Å². The molecule has 0 aliphatic heterocycles.